The Bertz CT molecular complexity index is 925. The predicted molar refractivity (Wildman–Crippen MR) is 108 cm³/mol. The fraction of sp³-hybridized carbons (Fsp3) is 0.400. The van der Waals surface area contributed by atoms with Gasteiger partial charge in [0.15, 0.2) is 0 Å². The first kappa shape index (κ1) is 19.7. The number of nitro benzene ring substituents is 2. The van der Waals surface area contributed by atoms with Crippen molar-refractivity contribution in [2.24, 2.45) is 20.5 Å². The molecule has 0 N–H and O–H groups in total. The van der Waals surface area contributed by atoms with Crippen molar-refractivity contribution < 1.29 is 9.85 Å². The number of azo groups is 2. The van der Waals surface area contributed by atoms with E-state index < -0.39 is 20.9 Å². The van der Waals surface area contributed by atoms with Gasteiger partial charge < -0.3 is 0 Å². The van der Waals surface area contributed by atoms with Crippen LogP contribution in [-0.4, -0.2) is 20.9 Å². The van der Waals surface area contributed by atoms with Crippen molar-refractivity contribution in [3.63, 3.8) is 0 Å². The molecule has 0 saturated heterocycles. The molecule has 4 rings (SSSR count). The highest BCUT2D eigenvalue weighted by Crippen LogP contribution is 2.56. The van der Waals surface area contributed by atoms with Gasteiger partial charge in [-0.1, -0.05) is 0 Å². The van der Waals surface area contributed by atoms with Crippen molar-refractivity contribution in [1.82, 2.24) is 0 Å². The third-order valence-electron chi connectivity index (χ3n) is 6.06. The molecular formula is C20H20N6O4. The highest BCUT2D eigenvalue weighted by Gasteiger charge is 2.59. The standard InChI is InChI=1S/C20H20N6O4/c27-25(28)17-7-3-15(4-8-17)21-23-19-11-1-12-20(19,14-2-13-19)24-22-16-5-9-18(10-6-16)26(29)30/h3-10H,1-2,11-14H2. The molecule has 2 aromatic rings. The SMILES string of the molecule is O=[N+]([O-])c1ccc(N=NC23CCCC2(N=Nc2ccc([N+](=O)[O-])cc2)CCC3)cc1. The second kappa shape index (κ2) is 7.69. The summed E-state index contributed by atoms with van der Waals surface area (Å²) >= 11 is 0. The van der Waals surface area contributed by atoms with Crippen molar-refractivity contribution >= 4 is 22.7 Å². The zero-order valence-corrected chi connectivity index (χ0v) is 16.2. The molecule has 0 spiro atoms. The number of hydrogen-bond donors (Lipinski definition) is 0. The summed E-state index contributed by atoms with van der Waals surface area (Å²) in [7, 11) is 0. The third kappa shape index (κ3) is 3.56. The van der Waals surface area contributed by atoms with E-state index in [1.807, 2.05) is 0 Å². The molecule has 0 atom stereocenters. The fourth-order valence-corrected chi connectivity index (χ4v) is 4.50. The number of benzene rings is 2. The Balaban J connectivity index is 1.57. The summed E-state index contributed by atoms with van der Waals surface area (Å²) in [5.74, 6) is 0. The molecule has 2 aromatic carbocycles. The molecule has 10 heteroatoms. The largest absolute Gasteiger partial charge is 0.269 e. The molecule has 2 aliphatic rings. The van der Waals surface area contributed by atoms with Gasteiger partial charge in [-0.25, -0.2) is 0 Å². The number of nitro groups is 2. The van der Waals surface area contributed by atoms with Gasteiger partial charge in [0.05, 0.1) is 21.2 Å². The molecule has 2 fully saturated rings. The Labute approximate surface area is 172 Å². The van der Waals surface area contributed by atoms with Crippen LogP contribution in [0, 0.1) is 20.2 Å². The molecular weight excluding hydrogens is 388 g/mol. The molecule has 0 amide bonds. The average Bonchev–Trinajstić information content (AvgIpc) is 3.26. The fourth-order valence-electron chi connectivity index (χ4n) is 4.50. The lowest BCUT2D eigenvalue weighted by Crippen LogP contribution is -2.41. The van der Waals surface area contributed by atoms with E-state index in [2.05, 4.69) is 10.2 Å². The molecule has 0 unspecified atom stereocenters. The summed E-state index contributed by atoms with van der Waals surface area (Å²) in [5.41, 5.74) is 0.295. The Morgan fingerprint density at radius 1 is 0.633 bits per heavy atom. The first-order chi connectivity index (χ1) is 14.4. The summed E-state index contributed by atoms with van der Waals surface area (Å²) in [6.07, 6.45) is 5.40. The average molecular weight is 408 g/mol. The van der Waals surface area contributed by atoms with Crippen LogP contribution in [-0.2, 0) is 0 Å². The zero-order valence-electron chi connectivity index (χ0n) is 16.2. The normalized spacial score (nSPS) is 25.7. The van der Waals surface area contributed by atoms with Gasteiger partial charge in [0.25, 0.3) is 11.4 Å². The zero-order chi connectivity index (χ0) is 21.2. The highest BCUT2D eigenvalue weighted by atomic mass is 16.6. The summed E-state index contributed by atoms with van der Waals surface area (Å²) in [6, 6.07) is 12.0. The Morgan fingerprint density at radius 3 is 1.27 bits per heavy atom. The molecule has 0 aliphatic heterocycles. The first-order valence-corrected chi connectivity index (χ1v) is 9.78. The molecule has 2 saturated carbocycles. The minimum atomic E-state index is -0.447. The molecule has 30 heavy (non-hydrogen) atoms. The monoisotopic (exact) mass is 408 g/mol. The van der Waals surface area contributed by atoms with Crippen LogP contribution >= 0.6 is 0 Å². The van der Waals surface area contributed by atoms with Crippen molar-refractivity contribution in [1.29, 1.82) is 0 Å². The van der Waals surface area contributed by atoms with E-state index in [1.54, 1.807) is 24.3 Å². The summed E-state index contributed by atoms with van der Waals surface area (Å²) < 4.78 is 0. The highest BCUT2D eigenvalue weighted by molar-refractivity contribution is 5.44. The van der Waals surface area contributed by atoms with E-state index in [0.717, 1.165) is 38.5 Å². The summed E-state index contributed by atoms with van der Waals surface area (Å²) in [4.78, 5) is 20.7. The summed E-state index contributed by atoms with van der Waals surface area (Å²) in [5, 5.41) is 39.8. The van der Waals surface area contributed by atoms with E-state index in [1.165, 1.54) is 24.3 Å². The molecule has 154 valence electrons. The lowest BCUT2D eigenvalue weighted by molar-refractivity contribution is -0.385. The van der Waals surface area contributed by atoms with Crippen molar-refractivity contribution in [2.45, 2.75) is 49.6 Å². The van der Waals surface area contributed by atoms with Crippen LogP contribution < -0.4 is 0 Å². The third-order valence-corrected chi connectivity index (χ3v) is 6.06. The van der Waals surface area contributed by atoms with E-state index >= 15 is 0 Å². The van der Waals surface area contributed by atoms with Gasteiger partial charge in [-0.05, 0) is 62.8 Å². The smallest absolute Gasteiger partial charge is 0.258 e. The Hall–Kier alpha value is -3.56. The van der Waals surface area contributed by atoms with E-state index in [-0.39, 0.29) is 11.4 Å². The number of hydrogen-bond acceptors (Lipinski definition) is 8. The van der Waals surface area contributed by atoms with E-state index in [0.29, 0.717) is 11.4 Å². The van der Waals surface area contributed by atoms with Gasteiger partial charge in [-0.3, -0.25) is 20.2 Å². The van der Waals surface area contributed by atoms with Gasteiger partial charge in [-0.2, -0.15) is 20.5 Å². The number of nitrogens with zero attached hydrogens (tertiary/aromatic N) is 6. The second-order valence-electron chi connectivity index (χ2n) is 7.72. The van der Waals surface area contributed by atoms with Gasteiger partial charge in [-0.15, -0.1) is 0 Å². The van der Waals surface area contributed by atoms with Crippen LogP contribution in [0.3, 0.4) is 0 Å². The topological polar surface area (TPSA) is 136 Å². The molecule has 0 aromatic heterocycles. The van der Waals surface area contributed by atoms with Gasteiger partial charge in [0.1, 0.15) is 11.1 Å². The molecule has 0 bridgehead atoms. The maximum absolute atomic E-state index is 10.8. The second-order valence-corrected chi connectivity index (χ2v) is 7.72. The van der Waals surface area contributed by atoms with Crippen molar-refractivity contribution in [2.75, 3.05) is 0 Å². The van der Waals surface area contributed by atoms with E-state index in [4.69, 9.17) is 10.2 Å². The summed E-state index contributed by atoms with van der Waals surface area (Å²) in [6.45, 7) is 0. The van der Waals surface area contributed by atoms with Gasteiger partial charge >= 0.3 is 0 Å². The van der Waals surface area contributed by atoms with E-state index in [9.17, 15) is 20.2 Å². The van der Waals surface area contributed by atoms with Crippen LogP contribution in [0.25, 0.3) is 0 Å². The Morgan fingerprint density at radius 2 is 0.967 bits per heavy atom. The maximum atomic E-state index is 10.8. The van der Waals surface area contributed by atoms with Gasteiger partial charge in [0, 0.05) is 24.3 Å². The minimum Gasteiger partial charge on any atom is -0.258 e. The van der Waals surface area contributed by atoms with Crippen LogP contribution in [0.15, 0.2) is 69.0 Å². The lowest BCUT2D eigenvalue weighted by Gasteiger charge is -2.31. The van der Waals surface area contributed by atoms with Crippen LogP contribution in [0.4, 0.5) is 22.7 Å². The minimum absolute atomic E-state index is 0.0140. The molecule has 0 radical (unpaired) electrons. The molecule has 10 nitrogen and oxygen atoms in total. The van der Waals surface area contributed by atoms with Crippen LogP contribution in [0.1, 0.15) is 38.5 Å². The van der Waals surface area contributed by atoms with Crippen molar-refractivity contribution in [3.8, 4) is 0 Å². The predicted octanol–water partition coefficient (Wildman–Crippen LogP) is 6.22. The van der Waals surface area contributed by atoms with Crippen molar-refractivity contribution in [3.05, 3.63) is 68.8 Å². The number of fused-ring (bicyclic) bond motifs is 1. The maximum Gasteiger partial charge on any atom is 0.269 e. The van der Waals surface area contributed by atoms with Crippen LogP contribution in [0.2, 0.25) is 0 Å². The molecule has 2 aliphatic carbocycles. The first-order valence-electron chi connectivity index (χ1n) is 9.78. The lowest BCUT2D eigenvalue weighted by atomic mass is 9.84. The Kier molecular flexibility index (Phi) is 5.06. The number of non-ortho nitro benzene ring substituents is 2. The van der Waals surface area contributed by atoms with Gasteiger partial charge in [0.2, 0.25) is 0 Å². The number of rotatable bonds is 6. The van der Waals surface area contributed by atoms with Crippen LogP contribution in [0.5, 0.6) is 0 Å². The quantitative estimate of drug-likeness (QED) is 0.318. The molecule has 0 heterocycles.